The molecule has 0 aromatic heterocycles. The molecule has 0 aromatic rings. The van der Waals surface area contributed by atoms with Crippen molar-refractivity contribution in [3.8, 4) is 0 Å². The molecule has 3 aliphatic rings. The van der Waals surface area contributed by atoms with Crippen molar-refractivity contribution in [2.24, 2.45) is 0 Å². The molecule has 0 spiro atoms. The summed E-state index contributed by atoms with van der Waals surface area (Å²) >= 11 is 0. The van der Waals surface area contributed by atoms with Gasteiger partial charge in [-0.2, -0.15) is 0 Å². The van der Waals surface area contributed by atoms with Gasteiger partial charge in [0, 0.05) is 6.42 Å². The molecule has 3 heterocycles. The summed E-state index contributed by atoms with van der Waals surface area (Å²) in [5, 5.41) is 121. The van der Waals surface area contributed by atoms with Crippen molar-refractivity contribution in [2.75, 3.05) is 26.4 Å². The van der Waals surface area contributed by atoms with Crippen LogP contribution in [-0.2, 0) is 33.2 Å². The van der Waals surface area contributed by atoms with Crippen LogP contribution in [0.25, 0.3) is 0 Å². The lowest BCUT2D eigenvalue weighted by atomic mass is 9.96. The standard InChI is InChI=1S/C69H127NO18/c1-3-5-7-9-11-13-15-17-19-21-22-23-24-25-26-27-28-29-31-32-34-36-38-40-42-44-46-53(74)52(70-57(75)47-45-43-41-39-37-35-33-30-20-18-16-14-12-10-8-6-4-2)51-83-67-63(81)60(78)65(55(49-72)85-67)88-69-64(82)61(79)66(56(50-73)86-69)87-68-62(80)59(77)58(76)54(48-71)84-68/h12,14,18,20,44,46,52-56,58-69,71-74,76-82H,3-11,13,15-17,19,21-43,45,47-51H2,1-2H3,(H,70,75)/b14-12-,20-18-,46-44+. The van der Waals surface area contributed by atoms with Gasteiger partial charge in [-0.1, -0.05) is 243 Å². The Morgan fingerprint density at radius 1 is 0.409 bits per heavy atom. The zero-order chi connectivity index (χ0) is 64.0. The molecule has 0 radical (unpaired) electrons. The van der Waals surface area contributed by atoms with Crippen LogP contribution >= 0.6 is 0 Å². The molecule has 3 saturated heterocycles. The number of nitrogens with one attached hydrogen (secondary N) is 1. The maximum atomic E-state index is 13.4. The second-order valence-corrected chi connectivity index (χ2v) is 25.3. The van der Waals surface area contributed by atoms with Crippen LogP contribution in [0.1, 0.15) is 264 Å². The van der Waals surface area contributed by atoms with E-state index in [-0.39, 0.29) is 18.9 Å². The van der Waals surface area contributed by atoms with Crippen LogP contribution in [0.3, 0.4) is 0 Å². The first-order valence-electron chi connectivity index (χ1n) is 35.2. The molecule has 0 saturated carbocycles. The molecule has 19 nitrogen and oxygen atoms in total. The number of ether oxygens (including phenoxy) is 6. The maximum absolute atomic E-state index is 13.4. The zero-order valence-electron chi connectivity index (χ0n) is 54.5. The van der Waals surface area contributed by atoms with Crippen LogP contribution < -0.4 is 5.32 Å². The number of allylic oxidation sites excluding steroid dienone is 5. The van der Waals surface area contributed by atoms with Crippen molar-refractivity contribution in [1.82, 2.24) is 5.32 Å². The Balaban J connectivity index is 1.43. The monoisotopic (exact) mass is 1260 g/mol. The predicted octanol–water partition coefficient (Wildman–Crippen LogP) is 9.22. The van der Waals surface area contributed by atoms with Gasteiger partial charge in [0.25, 0.3) is 0 Å². The SMILES string of the molecule is CCCCC/C=C\C/C=C\CCCCCCCCCC(=O)NC(COC1OC(CO)C(OC2OC(CO)C(OC3OC(CO)C(O)C(O)C3O)C(O)C2O)C(O)C1O)C(O)/C=C/CCCCCCCCCCCCCCCCCCCCCCCCCC. The highest BCUT2D eigenvalue weighted by atomic mass is 16.8. The number of aliphatic hydroxyl groups excluding tert-OH is 11. The van der Waals surface area contributed by atoms with Crippen molar-refractivity contribution < 1.29 is 89.4 Å². The van der Waals surface area contributed by atoms with Crippen molar-refractivity contribution >= 4 is 5.91 Å². The van der Waals surface area contributed by atoms with Crippen LogP contribution in [0.2, 0.25) is 0 Å². The number of aliphatic hydroxyl groups is 11. The van der Waals surface area contributed by atoms with Gasteiger partial charge in [0.15, 0.2) is 18.9 Å². The molecular weight excluding hydrogens is 1130 g/mol. The second kappa shape index (κ2) is 51.4. The molecule has 1 amide bonds. The lowest BCUT2D eigenvalue weighted by Gasteiger charge is -2.48. The molecule has 3 aliphatic heterocycles. The number of carbonyl (C=O) groups is 1. The number of rotatable bonds is 54. The molecule has 88 heavy (non-hydrogen) atoms. The Morgan fingerprint density at radius 2 is 0.750 bits per heavy atom. The van der Waals surface area contributed by atoms with E-state index in [4.69, 9.17) is 28.4 Å². The van der Waals surface area contributed by atoms with Crippen molar-refractivity contribution in [2.45, 2.75) is 369 Å². The van der Waals surface area contributed by atoms with Gasteiger partial charge >= 0.3 is 0 Å². The summed E-state index contributed by atoms with van der Waals surface area (Å²) in [6.45, 7) is 1.72. The van der Waals surface area contributed by atoms with Crippen LogP contribution in [0.4, 0.5) is 0 Å². The Morgan fingerprint density at radius 3 is 1.18 bits per heavy atom. The van der Waals surface area contributed by atoms with Crippen molar-refractivity contribution in [1.29, 1.82) is 0 Å². The normalized spacial score (nSPS) is 28.6. The lowest BCUT2D eigenvalue weighted by molar-refractivity contribution is -0.379. The minimum absolute atomic E-state index is 0.235. The number of hydrogen-bond acceptors (Lipinski definition) is 18. The number of carbonyl (C=O) groups excluding carboxylic acids is 1. The summed E-state index contributed by atoms with van der Waals surface area (Å²) in [5.41, 5.74) is 0. The second-order valence-electron chi connectivity index (χ2n) is 25.3. The number of unbranched alkanes of at least 4 members (excludes halogenated alkanes) is 34. The number of amides is 1. The van der Waals surface area contributed by atoms with Gasteiger partial charge in [0.2, 0.25) is 5.91 Å². The summed E-state index contributed by atoms with van der Waals surface area (Å²) in [6.07, 6.45) is 32.6. The first-order valence-corrected chi connectivity index (χ1v) is 35.2. The molecule has 17 unspecified atom stereocenters. The minimum Gasteiger partial charge on any atom is -0.394 e. The van der Waals surface area contributed by atoms with Gasteiger partial charge in [-0.05, 0) is 51.4 Å². The fourth-order valence-corrected chi connectivity index (χ4v) is 11.9. The van der Waals surface area contributed by atoms with Gasteiger partial charge in [-0.25, -0.2) is 0 Å². The van der Waals surface area contributed by atoms with Crippen LogP contribution in [0.5, 0.6) is 0 Å². The van der Waals surface area contributed by atoms with E-state index in [9.17, 15) is 61.0 Å². The maximum Gasteiger partial charge on any atom is 0.220 e. The van der Waals surface area contributed by atoms with Crippen LogP contribution in [0.15, 0.2) is 36.5 Å². The van der Waals surface area contributed by atoms with Gasteiger partial charge in [0.1, 0.15) is 73.2 Å². The Bertz CT molecular complexity index is 1740. The fourth-order valence-electron chi connectivity index (χ4n) is 11.9. The molecule has 17 atom stereocenters. The topological polar surface area (TPSA) is 307 Å². The van der Waals surface area contributed by atoms with Crippen molar-refractivity contribution in [3.05, 3.63) is 36.5 Å². The highest BCUT2D eigenvalue weighted by molar-refractivity contribution is 5.76. The third-order valence-corrected chi connectivity index (χ3v) is 17.7. The van der Waals surface area contributed by atoms with E-state index >= 15 is 0 Å². The summed E-state index contributed by atoms with van der Waals surface area (Å²) < 4.78 is 34.3. The molecule has 12 N–H and O–H groups in total. The quantitative estimate of drug-likeness (QED) is 0.0199. The first kappa shape index (κ1) is 80.2. The van der Waals surface area contributed by atoms with E-state index in [1.807, 2.05) is 6.08 Å². The first-order chi connectivity index (χ1) is 42.8. The smallest absolute Gasteiger partial charge is 0.220 e. The Labute approximate surface area is 530 Å². The van der Waals surface area contributed by atoms with Gasteiger partial charge < -0.3 is 89.9 Å². The zero-order valence-corrected chi connectivity index (χ0v) is 54.5. The van der Waals surface area contributed by atoms with E-state index < -0.39 is 124 Å². The van der Waals surface area contributed by atoms with E-state index in [1.165, 1.54) is 154 Å². The van der Waals surface area contributed by atoms with Gasteiger partial charge in [0.05, 0.1) is 38.6 Å². The van der Waals surface area contributed by atoms with Crippen molar-refractivity contribution in [3.63, 3.8) is 0 Å². The third-order valence-electron chi connectivity index (χ3n) is 17.7. The Kier molecular flexibility index (Phi) is 46.9. The average molecular weight is 1260 g/mol. The molecule has 3 fully saturated rings. The molecule has 516 valence electrons. The largest absolute Gasteiger partial charge is 0.394 e. The summed E-state index contributed by atoms with van der Waals surface area (Å²) in [4.78, 5) is 13.4. The highest BCUT2D eigenvalue weighted by Crippen LogP contribution is 2.33. The summed E-state index contributed by atoms with van der Waals surface area (Å²) in [7, 11) is 0. The average Bonchev–Trinajstić information content (AvgIpc) is 3.72. The van der Waals surface area contributed by atoms with Gasteiger partial charge in [-0.3, -0.25) is 4.79 Å². The lowest BCUT2D eigenvalue weighted by Crippen LogP contribution is -2.66. The molecule has 19 heteroatoms. The van der Waals surface area contributed by atoms with E-state index in [0.29, 0.717) is 6.42 Å². The molecule has 0 aromatic carbocycles. The van der Waals surface area contributed by atoms with E-state index in [2.05, 4.69) is 43.5 Å². The molecular formula is C69H127NO18. The number of hydrogen-bond donors (Lipinski definition) is 12. The Hall–Kier alpha value is -1.99. The summed E-state index contributed by atoms with van der Waals surface area (Å²) in [6, 6.07) is -0.978. The molecule has 3 rings (SSSR count). The van der Waals surface area contributed by atoms with Crippen LogP contribution in [0, 0.1) is 0 Å². The molecule has 0 bridgehead atoms. The van der Waals surface area contributed by atoms with Crippen LogP contribution in [-0.4, -0.2) is 193 Å². The minimum atomic E-state index is -1.98. The highest BCUT2D eigenvalue weighted by Gasteiger charge is 2.53. The fraction of sp³-hybridized carbons (Fsp3) is 0.899. The van der Waals surface area contributed by atoms with Gasteiger partial charge in [-0.15, -0.1) is 0 Å². The van der Waals surface area contributed by atoms with E-state index in [1.54, 1.807) is 6.08 Å². The summed E-state index contributed by atoms with van der Waals surface area (Å²) in [5.74, 6) is -0.282. The molecule has 0 aliphatic carbocycles. The predicted molar refractivity (Wildman–Crippen MR) is 342 cm³/mol. The third kappa shape index (κ3) is 33.2. The van der Waals surface area contributed by atoms with E-state index in [0.717, 1.165) is 83.5 Å².